The largest absolute Gasteiger partial charge is 0.465 e. The predicted molar refractivity (Wildman–Crippen MR) is 117 cm³/mol. The summed E-state index contributed by atoms with van der Waals surface area (Å²) in [6.45, 7) is 1.31. The number of nitrogens with zero attached hydrogens (tertiary/aromatic N) is 4. The SMILES string of the molecule is COC(=O)c1ccc(/C=N/NC(=O)c2nn(-c3cccc(C(F)(F)F)c3)c(=O)c(C#N)c2C)cc1. The Morgan fingerprint density at radius 1 is 1.20 bits per heavy atom. The molecule has 9 nitrogen and oxygen atoms in total. The zero-order valence-corrected chi connectivity index (χ0v) is 18.3. The highest BCUT2D eigenvalue weighted by atomic mass is 19.4. The zero-order valence-electron chi connectivity index (χ0n) is 18.3. The Bertz CT molecular complexity index is 1420. The smallest absolute Gasteiger partial charge is 0.416 e. The predicted octanol–water partition coefficient (Wildman–Crippen LogP) is 2.98. The molecule has 0 fully saturated rings. The highest BCUT2D eigenvalue weighted by Crippen LogP contribution is 2.30. The summed E-state index contributed by atoms with van der Waals surface area (Å²) in [5, 5.41) is 17.1. The van der Waals surface area contributed by atoms with Crippen LogP contribution in [0.25, 0.3) is 5.69 Å². The molecule has 0 radical (unpaired) electrons. The van der Waals surface area contributed by atoms with Crippen molar-refractivity contribution in [3.05, 3.63) is 92.4 Å². The van der Waals surface area contributed by atoms with Gasteiger partial charge in [-0.3, -0.25) is 9.59 Å². The standard InChI is InChI=1S/C23H16F3N5O4/c1-13-18(11-27)21(33)31(17-5-3-4-16(10-17)23(24,25)26)30-19(13)20(32)29-28-12-14-6-8-15(9-7-14)22(34)35-2/h3-10,12H,1-2H3,(H,29,32)/b28-12+. The van der Waals surface area contributed by atoms with Crippen molar-refractivity contribution >= 4 is 18.1 Å². The van der Waals surface area contributed by atoms with Crippen molar-refractivity contribution in [2.24, 2.45) is 5.10 Å². The highest BCUT2D eigenvalue weighted by molar-refractivity contribution is 5.95. The van der Waals surface area contributed by atoms with Crippen LogP contribution in [0, 0.1) is 18.3 Å². The number of halogens is 3. The molecule has 35 heavy (non-hydrogen) atoms. The molecule has 1 heterocycles. The summed E-state index contributed by atoms with van der Waals surface area (Å²) >= 11 is 0. The molecule has 1 aromatic heterocycles. The molecule has 2 aromatic carbocycles. The maximum Gasteiger partial charge on any atom is 0.416 e. The van der Waals surface area contributed by atoms with E-state index in [4.69, 9.17) is 0 Å². The number of rotatable bonds is 5. The first-order chi connectivity index (χ1) is 16.6. The summed E-state index contributed by atoms with van der Waals surface area (Å²) in [4.78, 5) is 36.8. The Balaban J connectivity index is 1.93. The first kappa shape index (κ1) is 24.8. The fourth-order valence-electron chi connectivity index (χ4n) is 2.98. The van der Waals surface area contributed by atoms with Crippen molar-refractivity contribution in [3.8, 4) is 11.8 Å². The second-order valence-corrected chi connectivity index (χ2v) is 7.04. The minimum Gasteiger partial charge on any atom is -0.465 e. The molecule has 0 aliphatic carbocycles. The van der Waals surface area contributed by atoms with Crippen LogP contribution in [0.4, 0.5) is 13.2 Å². The van der Waals surface area contributed by atoms with Gasteiger partial charge in [-0.2, -0.15) is 33.3 Å². The number of amides is 1. The number of alkyl halides is 3. The summed E-state index contributed by atoms with van der Waals surface area (Å²) in [5.74, 6) is -1.42. The van der Waals surface area contributed by atoms with Gasteiger partial charge >= 0.3 is 12.1 Å². The average molecular weight is 483 g/mol. The molecule has 12 heteroatoms. The number of nitrogens with one attached hydrogen (secondary N) is 1. The van der Waals surface area contributed by atoms with E-state index in [-0.39, 0.29) is 16.9 Å². The van der Waals surface area contributed by atoms with E-state index in [1.54, 1.807) is 18.2 Å². The molecule has 0 unspecified atom stereocenters. The van der Waals surface area contributed by atoms with E-state index in [1.165, 1.54) is 38.4 Å². The lowest BCUT2D eigenvalue weighted by Crippen LogP contribution is -2.31. The van der Waals surface area contributed by atoms with Gasteiger partial charge in [0.1, 0.15) is 11.6 Å². The Hall–Kier alpha value is -4.79. The lowest BCUT2D eigenvalue weighted by Gasteiger charge is -2.12. The van der Waals surface area contributed by atoms with Crippen LogP contribution in [-0.4, -0.2) is 35.0 Å². The number of carbonyl (C=O) groups is 2. The van der Waals surface area contributed by atoms with Crippen molar-refractivity contribution < 1.29 is 27.5 Å². The Morgan fingerprint density at radius 3 is 2.49 bits per heavy atom. The molecule has 0 aliphatic heterocycles. The summed E-state index contributed by atoms with van der Waals surface area (Å²) in [6, 6.07) is 11.5. The minimum absolute atomic E-state index is 0.0594. The molecule has 0 saturated heterocycles. The van der Waals surface area contributed by atoms with Crippen LogP contribution in [0.5, 0.6) is 0 Å². The number of esters is 1. The normalized spacial score (nSPS) is 11.2. The summed E-state index contributed by atoms with van der Waals surface area (Å²) in [5.41, 5.74) is -0.142. The molecule has 3 rings (SSSR count). The van der Waals surface area contributed by atoms with Crippen molar-refractivity contribution in [1.29, 1.82) is 5.26 Å². The summed E-state index contributed by atoms with van der Waals surface area (Å²) < 4.78 is 44.5. The van der Waals surface area contributed by atoms with Gasteiger partial charge < -0.3 is 4.74 Å². The third-order valence-electron chi connectivity index (χ3n) is 4.79. The number of methoxy groups -OCH3 is 1. The van der Waals surface area contributed by atoms with Crippen LogP contribution in [0.3, 0.4) is 0 Å². The zero-order chi connectivity index (χ0) is 25.8. The van der Waals surface area contributed by atoms with Gasteiger partial charge in [0.25, 0.3) is 11.5 Å². The number of nitriles is 1. The van der Waals surface area contributed by atoms with E-state index < -0.39 is 34.7 Å². The van der Waals surface area contributed by atoms with Gasteiger partial charge in [-0.25, -0.2) is 10.2 Å². The van der Waals surface area contributed by atoms with Gasteiger partial charge in [0, 0.05) is 5.56 Å². The van der Waals surface area contributed by atoms with Gasteiger partial charge in [-0.1, -0.05) is 18.2 Å². The van der Waals surface area contributed by atoms with E-state index in [0.29, 0.717) is 21.9 Å². The first-order valence-corrected chi connectivity index (χ1v) is 9.80. The number of hydrogen-bond acceptors (Lipinski definition) is 7. The number of aromatic nitrogens is 2. The van der Waals surface area contributed by atoms with Crippen LogP contribution in [0.15, 0.2) is 58.4 Å². The van der Waals surface area contributed by atoms with Crippen molar-refractivity contribution in [1.82, 2.24) is 15.2 Å². The number of ether oxygens (including phenoxy) is 1. The Kier molecular flexibility index (Phi) is 7.10. The van der Waals surface area contributed by atoms with E-state index in [0.717, 1.165) is 12.1 Å². The monoisotopic (exact) mass is 483 g/mol. The van der Waals surface area contributed by atoms with Crippen molar-refractivity contribution in [2.75, 3.05) is 7.11 Å². The second kappa shape index (κ2) is 10.0. The van der Waals surface area contributed by atoms with E-state index >= 15 is 0 Å². The Morgan fingerprint density at radius 2 is 1.89 bits per heavy atom. The second-order valence-electron chi connectivity index (χ2n) is 7.04. The van der Waals surface area contributed by atoms with Crippen LogP contribution in [0.2, 0.25) is 0 Å². The van der Waals surface area contributed by atoms with Crippen molar-refractivity contribution in [3.63, 3.8) is 0 Å². The van der Waals surface area contributed by atoms with E-state index in [9.17, 15) is 32.8 Å². The average Bonchev–Trinajstić information content (AvgIpc) is 2.84. The highest BCUT2D eigenvalue weighted by Gasteiger charge is 2.31. The molecule has 1 N–H and O–H groups in total. The fraction of sp³-hybridized carbons (Fsp3) is 0.130. The number of hydrazone groups is 1. The Labute approximate surface area is 196 Å². The molecule has 0 saturated carbocycles. The number of benzene rings is 2. The van der Waals surface area contributed by atoms with Crippen molar-refractivity contribution in [2.45, 2.75) is 13.1 Å². The van der Waals surface area contributed by atoms with Crippen LogP contribution in [-0.2, 0) is 10.9 Å². The lowest BCUT2D eigenvalue weighted by atomic mass is 10.1. The van der Waals surface area contributed by atoms with Gasteiger partial charge in [0.15, 0.2) is 5.69 Å². The fourth-order valence-corrected chi connectivity index (χ4v) is 2.98. The molecular formula is C23H16F3N5O4. The van der Waals surface area contributed by atoms with Gasteiger partial charge in [-0.05, 0) is 42.8 Å². The molecule has 3 aromatic rings. The third-order valence-corrected chi connectivity index (χ3v) is 4.79. The summed E-state index contributed by atoms with van der Waals surface area (Å²) in [6.07, 6.45) is -3.41. The van der Waals surface area contributed by atoms with Crippen LogP contribution >= 0.6 is 0 Å². The number of carbonyl (C=O) groups excluding carboxylic acids is 2. The third kappa shape index (κ3) is 5.41. The van der Waals surface area contributed by atoms with Crippen LogP contribution in [0.1, 0.15) is 43.1 Å². The maximum atomic E-state index is 13.1. The molecule has 0 atom stereocenters. The number of hydrogen-bond donors (Lipinski definition) is 1. The maximum absolute atomic E-state index is 13.1. The van der Waals surface area contributed by atoms with Crippen LogP contribution < -0.4 is 11.0 Å². The molecule has 0 bridgehead atoms. The summed E-state index contributed by atoms with van der Waals surface area (Å²) in [7, 11) is 1.25. The van der Waals surface area contributed by atoms with Gasteiger partial charge in [0.05, 0.1) is 30.1 Å². The quantitative estimate of drug-likeness (QED) is 0.338. The molecule has 0 aliphatic rings. The topological polar surface area (TPSA) is 126 Å². The van der Waals surface area contributed by atoms with E-state index in [2.05, 4.69) is 20.4 Å². The molecule has 178 valence electrons. The molecule has 1 amide bonds. The first-order valence-electron chi connectivity index (χ1n) is 9.80. The minimum atomic E-state index is -4.67. The van der Waals surface area contributed by atoms with Gasteiger partial charge in [-0.15, -0.1) is 0 Å². The van der Waals surface area contributed by atoms with Gasteiger partial charge in [0.2, 0.25) is 0 Å². The molecular weight excluding hydrogens is 467 g/mol. The molecule has 0 spiro atoms. The lowest BCUT2D eigenvalue weighted by molar-refractivity contribution is -0.137. The van der Waals surface area contributed by atoms with E-state index in [1.807, 2.05) is 0 Å².